The molecule has 31 heavy (non-hydrogen) atoms. The first-order chi connectivity index (χ1) is 15.0. The van der Waals surface area contributed by atoms with Crippen LogP contribution in [0.15, 0.2) is 18.2 Å². The predicted octanol–water partition coefficient (Wildman–Crippen LogP) is 2.13. The Morgan fingerprint density at radius 3 is 2.65 bits per heavy atom. The van der Waals surface area contributed by atoms with Crippen LogP contribution >= 0.6 is 0 Å². The van der Waals surface area contributed by atoms with Gasteiger partial charge in [0, 0.05) is 17.7 Å². The summed E-state index contributed by atoms with van der Waals surface area (Å²) in [6, 6.07) is 5.14. The molecule has 1 saturated carbocycles. The normalized spacial score (nSPS) is 23.2. The number of nitrogens with one attached hydrogen (secondary N) is 2. The highest BCUT2D eigenvalue weighted by Gasteiger charge is 2.52. The Labute approximate surface area is 182 Å². The van der Waals surface area contributed by atoms with Gasteiger partial charge in [-0.3, -0.25) is 19.9 Å². The van der Waals surface area contributed by atoms with Crippen molar-refractivity contribution < 1.29 is 23.9 Å². The molecule has 4 rings (SSSR count). The number of nitrogens with zero attached hydrogens (tertiary/aromatic N) is 2. The number of carbonyl (C=O) groups excluding carboxylic acids is 3. The molecule has 0 aromatic heterocycles. The van der Waals surface area contributed by atoms with Gasteiger partial charge in [-0.05, 0) is 38.3 Å². The Balaban J connectivity index is 1.43. The van der Waals surface area contributed by atoms with Gasteiger partial charge in [0.1, 0.15) is 17.0 Å². The van der Waals surface area contributed by atoms with Gasteiger partial charge < -0.3 is 14.8 Å². The van der Waals surface area contributed by atoms with Crippen LogP contribution in [0.2, 0.25) is 0 Å². The predicted molar refractivity (Wildman–Crippen MR) is 112 cm³/mol. The molecule has 9 nitrogen and oxygen atoms in total. The number of rotatable bonds is 6. The van der Waals surface area contributed by atoms with Gasteiger partial charge >= 0.3 is 6.03 Å². The number of benzene rings is 1. The lowest BCUT2D eigenvalue weighted by atomic mass is 9.82. The van der Waals surface area contributed by atoms with Gasteiger partial charge in [0.05, 0.1) is 20.8 Å². The summed E-state index contributed by atoms with van der Waals surface area (Å²) in [6.07, 6.45) is 5.93. The summed E-state index contributed by atoms with van der Waals surface area (Å²) in [5, 5.41) is 3.68. The van der Waals surface area contributed by atoms with Gasteiger partial charge in [0.2, 0.25) is 0 Å². The van der Waals surface area contributed by atoms with E-state index in [9.17, 15) is 14.4 Å². The molecule has 4 amide bonds. The average Bonchev–Trinajstić information content (AvgIpc) is 3.32. The molecule has 1 aromatic carbocycles. The molecule has 2 heterocycles. The van der Waals surface area contributed by atoms with E-state index in [1.54, 1.807) is 14.2 Å². The van der Waals surface area contributed by atoms with Crippen LogP contribution < -0.4 is 20.2 Å². The average molecular weight is 431 g/mol. The molecule has 0 bridgehead atoms. The van der Waals surface area contributed by atoms with Gasteiger partial charge in [0.25, 0.3) is 11.8 Å². The standard InChI is InChI=1S/C22H30N4O5/c1-30-15-8-9-16(18(13-15)31-2)17-7-6-12-25(17)14-19(27)24-26-20(28)22(23-21(26)29)10-4-3-5-11-22/h8-9,13,17H,3-7,10-12,14H2,1-2H3,(H,23,29)(H,24,27)/t17-/m0/s1. The first-order valence-electron chi connectivity index (χ1n) is 10.9. The second kappa shape index (κ2) is 8.74. The largest absolute Gasteiger partial charge is 0.497 e. The van der Waals surface area contributed by atoms with E-state index in [0.717, 1.165) is 49.2 Å². The quantitative estimate of drug-likeness (QED) is 0.671. The topological polar surface area (TPSA) is 100 Å². The highest BCUT2D eigenvalue weighted by molar-refractivity contribution is 6.08. The zero-order valence-electron chi connectivity index (χ0n) is 18.1. The number of likely N-dealkylation sites (tertiary alicyclic amines) is 1. The maximum Gasteiger partial charge on any atom is 0.344 e. The minimum Gasteiger partial charge on any atom is -0.497 e. The van der Waals surface area contributed by atoms with E-state index in [1.807, 2.05) is 18.2 Å². The van der Waals surface area contributed by atoms with Crippen molar-refractivity contribution in [3.63, 3.8) is 0 Å². The van der Waals surface area contributed by atoms with Crippen molar-refractivity contribution in [3.8, 4) is 11.5 Å². The Kier molecular flexibility index (Phi) is 6.04. The number of ether oxygens (including phenoxy) is 2. The van der Waals surface area contributed by atoms with Gasteiger partial charge in [-0.2, -0.15) is 5.01 Å². The SMILES string of the molecule is COc1ccc([C@@H]2CCCN2CC(=O)NN2C(=O)NC3(CCCCC3)C2=O)c(OC)c1. The number of hydrazine groups is 1. The third-order valence-electron chi connectivity index (χ3n) is 6.62. The summed E-state index contributed by atoms with van der Waals surface area (Å²) < 4.78 is 10.8. The zero-order valence-corrected chi connectivity index (χ0v) is 18.1. The minimum atomic E-state index is -0.852. The number of urea groups is 1. The number of hydrogen-bond donors (Lipinski definition) is 2. The smallest absolute Gasteiger partial charge is 0.344 e. The molecule has 1 aliphatic carbocycles. The molecule has 3 aliphatic rings. The van der Waals surface area contributed by atoms with E-state index in [0.29, 0.717) is 24.3 Å². The maximum atomic E-state index is 12.9. The van der Waals surface area contributed by atoms with E-state index >= 15 is 0 Å². The molecule has 0 radical (unpaired) electrons. The Hall–Kier alpha value is -2.81. The molecule has 2 N–H and O–H groups in total. The maximum absolute atomic E-state index is 12.9. The molecular weight excluding hydrogens is 400 g/mol. The van der Waals surface area contributed by atoms with Crippen LogP contribution in [0.25, 0.3) is 0 Å². The van der Waals surface area contributed by atoms with Gasteiger partial charge in [-0.25, -0.2) is 4.79 Å². The van der Waals surface area contributed by atoms with Crippen LogP contribution in [0.5, 0.6) is 11.5 Å². The van der Waals surface area contributed by atoms with Gasteiger partial charge in [-0.1, -0.05) is 25.3 Å². The van der Waals surface area contributed by atoms with Gasteiger partial charge in [-0.15, -0.1) is 0 Å². The van der Waals surface area contributed by atoms with Crippen molar-refractivity contribution in [1.82, 2.24) is 20.7 Å². The lowest BCUT2D eigenvalue weighted by Crippen LogP contribution is -2.52. The summed E-state index contributed by atoms with van der Waals surface area (Å²) in [7, 11) is 3.22. The number of imide groups is 1. The fourth-order valence-electron chi connectivity index (χ4n) is 5.02. The molecular formula is C22H30N4O5. The van der Waals surface area contributed by atoms with Crippen molar-refractivity contribution in [2.24, 2.45) is 0 Å². The third kappa shape index (κ3) is 4.06. The van der Waals surface area contributed by atoms with Gasteiger partial charge in [0.15, 0.2) is 0 Å². The zero-order chi connectivity index (χ0) is 22.0. The minimum absolute atomic E-state index is 0.0133. The first-order valence-corrected chi connectivity index (χ1v) is 10.9. The van der Waals surface area contributed by atoms with E-state index in [1.165, 1.54) is 0 Å². The molecule has 1 aromatic rings. The molecule has 9 heteroatoms. The van der Waals surface area contributed by atoms with Crippen molar-refractivity contribution in [2.45, 2.75) is 56.5 Å². The van der Waals surface area contributed by atoms with Crippen molar-refractivity contribution >= 4 is 17.8 Å². The van der Waals surface area contributed by atoms with Crippen LogP contribution in [0.3, 0.4) is 0 Å². The van der Waals surface area contributed by atoms with Crippen LogP contribution in [0, 0.1) is 0 Å². The summed E-state index contributed by atoms with van der Waals surface area (Å²) in [4.78, 5) is 40.1. The van der Waals surface area contributed by atoms with E-state index in [2.05, 4.69) is 15.6 Å². The van der Waals surface area contributed by atoms with Crippen molar-refractivity contribution in [3.05, 3.63) is 23.8 Å². The van der Waals surface area contributed by atoms with Crippen molar-refractivity contribution in [2.75, 3.05) is 27.3 Å². The lowest BCUT2D eigenvalue weighted by molar-refractivity contribution is -0.140. The molecule has 3 fully saturated rings. The first kappa shape index (κ1) is 21.4. The highest BCUT2D eigenvalue weighted by Crippen LogP contribution is 2.38. The lowest BCUT2D eigenvalue weighted by Gasteiger charge is -2.30. The van der Waals surface area contributed by atoms with Crippen LogP contribution in [-0.2, 0) is 9.59 Å². The van der Waals surface area contributed by atoms with E-state index in [4.69, 9.17) is 9.47 Å². The number of amides is 4. The molecule has 2 saturated heterocycles. The fraction of sp³-hybridized carbons (Fsp3) is 0.591. The van der Waals surface area contributed by atoms with Crippen LogP contribution in [-0.4, -0.2) is 60.6 Å². The highest BCUT2D eigenvalue weighted by atomic mass is 16.5. The molecule has 168 valence electrons. The van der Waals surface area contributed by atoms with Crippen LogP contribution in [0.1, 0.15) is 56.6 Å². The second-order valence-corrected chi connectivity index (χ2v) is 8.48. The van der Waals surface area contributed by atoms with Crippen molar-refractivity contribution in [1.29, 1.82) is 0 Å². The summed E-state index contributed by atoms with van der Waals surface area (Å²) in [5.74, 6) is 0.694. The molecule has 2 aliphatic heterocycles. The second-order valence-electron chi connectivity index (χ2n) is 8.48. The van der Waals surface area contributed by atoms with E-state index in [-0.39, 0.29) is 24.4 Å². The number of hydrogen-bond acceptors (Lipinski definition) is 6. The monoisotopic (exact) mass is 430 g/mol. The summed E-state index contributed by atoms with van der Waals surface area (Å²) in [5.41, 5.74) is 2.67. The summed E-state index contributed by atoms with van der Waals surface area (Å²) in [6.45, 7) is 0.835. The third-order valence-corrected chi connectivity index (χ3v) is 6.62. The number of methoxy groups -OCH3 is 2. The Bertz CT molecular complexity index is 867. The molecule has 0 unspecified atom stereocenters. The van der Waals surface area contributed by atoms with E-state index < -0.39 is 11.6 Å². The summed E-state index contributed by atoms with van der Waals surface area (Å²) >= 11 is 0. The Morgan fingerprint density at radius 2 is 1.94 bits per heavy atom. The number of carbonyl (C=O) groups is 3. The molecule has 1 atom stereocenters. The van der Waals surface area contributed by atoms with Crippen LogP contribution in [0.4, 0.5) is 4.79 Å². The fourth-order valence-corrected chi connectivity index (χ4v) is 5.02. The molecule has 1 spiro atoms. The Morgan fingerprint density at radius 1 is 1.16 bits per heavy atom.